The molecule has 0 bridgehead atoms. The van der Waals surface area contributed by atoms with E-state index in [1.54, 1.807) is 0 Å². The average molecular weight is 191 g/mol. The Bertz CT molecular complexity index is 333. The Balaban J connectivity index is 0.00000112. The van der Waals surface area contributed by atoms with Gasteiger partial charge in [-0.25, -0.2) is 0 Å². The third-order valence-corrected chi connectivity index (χ3v) is 1.99. The minimum absolute atomic E-state index is 0. The first-order chi connectivity index (χ1) is 6.95. The molecule has 0 unspecified atom stereocenters. The van der Waals surface area contributed by atoms with Gasteiger partial charge in [-0.2, -0.15) is 0 Å². The topological polar surface area (TPSA) is 9.23 Å². The van der Waals surface area contributed by atoms with E-state index in [4.69, 9.17) is 4.74 Å². The van der Waals surface area contributed by atoms with Crippen LogP contribution in [0.25, 0.3) is 0 Å². The molecule has 0 aliphatic carbocycles. The zero-order valence-electron chi connectivity index (χ0n) is 8.89. The number of benzene rings is 2. The molecule has 1 nitrogen and oxygen atoms in total. The largest absolute Gasteiger partial charge is 0.489 e. The molecule has 0 atom stereocenters. The van der Waals surface area contributed by atoms with Crippen molar-refractivity contribution in [3.63, 3.8) is 0 Å². The fraction of sp³-hybridized carbons (Fsp3) is 0.0769. The van der Waals surface area contributed by atoms with Crippen LogP contribution in [-0.4, -0.2) is 18.9 Å². The predicted octanol–water partition coefficient (Wildman–Crippen LogP) is 2.88. The summed E-state index contributed by atoms with van der Waals surface area (Å²) in [5.74, 6) is 0.913. The number of rotatable bonds is 3. The van der Waals surface area contributed by atoms with Crippen LogP contribution in [-0.2, 0) is 6.61 Å². The summed E-state index contributed by atoms with van der Waals surface area (Å²) in [6.45, 7) is 0.630. The van der Waals surface area contributed by atoms with E-state index in [9.17, 15) is 0 Å². The van der Waals surface area contributed by atoms with E-state index in [2.05, 4.69) is 12.1 Å². The summed E-state index contributed by atoms with van der Waals surface area (Å²) in [4.78, 5) is 0. The number of ether oxygens (including phenoxy) is 1. The molecule has 0 N–H and O–H groups in total. The van der Waals surface area contributed by atoms with E-state index in [1.165, 1.54) is 5.56 Å². The van der Waals surface area contributed by atoms with Crippen LogP contribution in [0.2, 0.25) is 0 Å². The van der Waals surface area contributed by atoms with Crippen molar-refractivity contribution in [2.45, 2.75) is 6.61 Å². The summed E-state index contributed by atoms with van der Waals surface area (Å²) in [5.41, 5.74) is 1.19. The van der Waals surface area contributed by atoms with Gasteiger partial charge in [0.25, 0.3) is 0 Å². The van der Waals surface area contributed by atoms with E-state index in [-0.39, 0.29) is 18.9 Å². The first kappa shape index (κ1) is 11.9. The van der Waals surface area contributed by atoms with Crippen LogP contribution >= 0.6 is 0 Å². The van der Waals surface area contributed by atoms with Crippen molar-refractivity contribution < 1.29 is 4.74 Å². The quantitative estimate of drug-likeness (QED) is 0.678. The Morgan fingerprint density at radius 3 is 1.87 bits per heavy atom. The second-order valence-corrected chi connectivity index (χ2v) is 3.09. The van der Waals surface area contributed by atoms with Gasteiger partial charge in [0, 0.05) is 18.9 Å². The van der Waals surface area contributed by atoms with Crippen LogP contribution < -0.4 is 4.74 Å². The van der Waals surface area contributed by atoms with Gasteiger partial charge in [0.15, 0.2) is 0 Å². The Morgan fingerprint density at radius 1 is 0.733 bits per heavy atom. The monoisotopic (exact) mass is 191 g/mol. The van der Waals surface area contributed by atoms with Crippen molar-refractivity contribution in [2.24, 2.45) is 0 Å². The molecule has 0 aliphatic heterocycles. The van der Waals surface area contributed by atoms with Gasteiger partial charge in [0.1, 0.15) is 12.4 Å². The Kier molecular flexibility index (Phi) is 5.04. The summed E-state index contributed by atoms with van der Waals surface area (Å²) >= 11 is 0. The SMILES string of the molecule is [Li].c1ccc(COc2ccccc2)cc1. The van der Waals surface area contributed by atoms with Gasteiger partial charge in [-0.05, 0) is 17.7 Å². The summed E-state index contributed by atoms with van der Waals surface area (Å²) < 4.78 is 5.59. The minimum atomic E-state index is 0. The summed E-state index contributed by atoms with van der Waals surface area (Å²) in [6.07, 6.45) is 0. The van der Waals surface area contributed by atoms with Crippen molar-refractivity contribution in [1.82, 2.24) is 0 Å². The smallest absolute Gasteiger partial charge is 0.119 e. The van der Waals surface area contributed by atoms with Gasteiger partial charge >= 0.3 is 0 Å². The zero-order chi connectivity index (χ0) is 9.64. The van der Waals surface area contributed by atoms with Gasteiger partial charge in [-0.15, -0.1) is 0 Å². The predicted molar refractivity (Wildman–Crippen MR) is 63.0 cm³/mol. The molecule has 0 saturated carbocycles. The third-order valence-electron chi connectivity index (χ3n) is 1.99. The molecular weight excluding hydrogens is 179 g/mol. The Labute approximate surface area is 102 Å². The Hall–Kier alpha value is -1.16. The zero-order valence-corrected chi connectivity index (χ0v) is 8.89. The van der Waals surface area contributed by atoms with Crippen molar-refractivity contribution in [3.8, 4) is 5.75 Å². The maximum Gasteiger partial charge on any atom is 0.119 e. The van der Waals surface area contributed by atoms with Crippen molar-refractivity contribution >= 4 is 18.9 Å². The summed E-state index contributed by atoms with van der Waals surface area (Å²) in [5, 5.41) is 0. The molecule has 0 heterocycles. The molecule has 2 heteroatoms. The fourth-order valence-electron chi connectivity index (χ4n) is 1.26. The van der Waals surface area contributed by atoms with Gasteiger partial charge in [-0.1, -0.05) is 48.5 Å². The van der Waals surface area contributed by atoms with E-state index >= 15 is 0 Å². The molecule has 0 aliphatic rings. The molecule has 0 aromatic heterocycles. The van der Waals surface area contributed by atoms with Crippen LogP contribution in [0.5, 0.6) is 5.75 Å². The van der Waals surface area contributed by atoms with E-state index in [0.29, 0.717) is 6.61 Å². The van der Waals surface area contributed by atoms with Gasteiger partial charge < -0.3 is 4.74 Å². The molecule has 0 saturated heterocycles. The molecule has 1 radical (unpaired) electrons. The van der Waals surface area contributed by atoms with E-state index < -0.39 is 0 Å². The standard InChI is InChI=1S/C13H12O.Li/c1-3-7-12(8-4-1)11-14-13-9-5-2-6-10-13;/h1-10H,11H2;. The average Bonchev–Trinajstić information content (AvgIpc) is 2.29. The third kappa shape index (κ3) is 3.83. The van der Waals surface area contributed by atoms with Crippen molar-refractivity contribution in [1.29, 1.82) is 0 Å². The normalized spacial score (nSPS) is 9.07. The summed E-state index contributed by atoms with van der Waals surface area (Å²) in [6, 6.07) is 20.0. The van der Waals surface area contributed by atoms with Crippen LogP contribution in [0, 0.1) is 0 Å². The Morgan fingerprint density at radius 2 is 1.27 bits per heavy atom. The summed E-state index contributed by atoms with van der Waals surface area (Å²) in [7, 11) is 0. The fourth-order valence-corrected chi connectivity index (χ4v) is 1.26. The number of hydrogen-bond donors (Lipinski definition) is 0. The van der Waals surface area contributed by atoms with Gasteiger partial charge in [0.05, 0.1) is 0 Å². The molecule has 15 heavy (non-hydrogen) atoms. The van der Waals surface area contributed by atoms with E-state index in [1.807, 2.05) is 48.5 Å². The molecule has 71 valence electrons. The van der Waals surface area contributed by atoms with Gasteiger partial charge in [-0.3, -0.25) is 0 Å². The first-order valence-electron chi connectivity index (χ1n) is 4.67. The number of hydrogen-bond acceptors (Lipinski definition) is 1. The van der Waals surface area contributed by atoms with Crippen LogP contribution in [0.4, 0.5) is 0 Å². The van der Waals surface area contributed by atoms with Crippen LogP contribution in [0.1, 0.15) is 5.56 Å². The molecule has 0 spiro atoms. The van der Waals surface area contributed by atoms with Crippen molar-refractivity contribution in [2.75, 3.05) is 0 Å². The second kappa shape index (κ2) is 6.35. The van der Waals surface area contributed by atoms with E-state index in [0.717, 1.165) is 5.75 Å². The second-order valence-electron chi connectivity index (χ2n) is 3.09. The minimum Gasteiger partial charge on any atom is -0.489 e. The molecule has 0 amide bonds. The number of para-hydroxylation sites is 1. The van der Waals surface area contributed by atoms with Gasteiger partial charge in [0.2, 0.25) is 0 Å². The molecule has 2 aromatic rings. The maximum atomic E-state index is 5.59. The van der Waals surface area contributed by atoms with Crippen LogP contribution in [0.3, 0.4) is 0 Å². The molecular formula is C13H12LiO. The molecule has 0 fully saturated rings. The molecule has 2 aromatic carbocycles. The first-order valence-corrected chi connectivity index (χ1v) is 4.67. The maximum absolute atomic E-state index is 5.59. The van der Waals surface area contributed by atoms with Crippen LogP contribution in [0.15, 0.2) is 60.7 Å². The molecule has 2 rings (SSSR count). The van der Waals surface area contributed by atoms with Crippen molar-refractivity contribution in [3.05, 3.63) is 66.2 Å².